The fourth-order valence-corrected chi connectivity index (χ4v) is 2.41. The maximum atomic E-state index is 5.95. The molecule has 2 aromatic carbocycles. The Morgan fingerprint density at radius 2 is 1.76 bits per heavy atom. The number of aromatic nitrogens is 2. The highest BCUT2D eigenvalue weighted by molar-refractivity contribution is 6.42. The van der Waals surface area contributed by atoms with Gasteiger partial charge in [-0.1, -0.05) is 28.4 Å². The minimum absolute atomic E-state index is 0.101. The molecule has 0 unspecified atom stereocenters. The average molecular weight is 381 g/mol. The van der Waals surface area contributed by atoms with E-state index in [0.29, 0.717) is 44.6 Å². The predicted molar refractivity (Wildman–Crippen MR) is 93.6 cm³/mol. The zero-order valence-electron chi connectivity index (χ0n) is 13.5. The molecule has 1 aromatic heterocycles. The smallest absolute Gasteiger partial charge is 0.264 e. The fourth-order valence-electron chi connectivity index (χ4n) is 2.12. The molecule has 0 amide bonds. The number of ether oxygens (including phenoxy) is 3. The second-order valence-electron chi connectivity index (χ2n) is 4.94. The summed E-state index contributed by atoms with van der Waals surface area (Å²) in [5, 5.41) is 4.83. The maximum Gasteiger partial charge on any atom is 0.264 e. The Morgan fingerprint density at radius 1 is 0.960 bits per heavy atom. The highest BCUT2D eigenvalue weighted by Gasteiger charge is 2.15. The van der Waals surface area contributed by atoms with Crippen molar-refractivity contribution in [3.63, 3.8) is 0 Å². The topological polar surface area (TPSA) is 66.6 Å². The van der Waals surface area contributed by atoms with E-state index in [9.17, 15) is 0 Å². The minimum atomic E-state index is 0.101. The Morgan fingerprint density at radius 3 is 2.48 bits per heavy atom. The molecule has 0 spiro atoms. The zero-order valence-corrected chi connectivity index (χ0v) is 15.0. The number of hydrogen-bond acceptors (Lipinski definition) is 6. The quantitative estimate of drug-likeness (QED) is 0.620. The number of rotatable bonds is 6. The van der Waals surface area contributed by atoms with E-state index in [1.54, 1.807) is 50.6 Å². The Labute approximate surface area is 154 Å². The van der Waals surface area contributed by atoms with Gasteiger partial charge < -0.3 is 18.7 Å². The van der Waals surface area contributed by atoms with Crippen molar-refractivity contribution in [3.8, 4) is 28.6 Å². The van der Waals surface area contributed by atoms with Crippen LogP contribution >= 0.6 is 23.2 Å². The third-order valence-electron chi connectivity index (χ3n) is 3.37. The van der Waals surface area contributed by atoms with Crippen LogP contribution in [0.4, 0.5) is 0 Å². The molecular formula is C17H14Cl2N2O4. The number of methoxy groups -OCH3 is 2. The van der Waals surface area contributed by atoms with Gasteiger partial charge in [-0.2, -0.15) is 4.98 Å². The Balaban J connectivity index is 1.75. The summed E-state index contributed by atoms with van der Waals surface area (Å²) in [5.41, 5.74) is 0.688. The standard InChI is InChI=1S/C17H14Cl2N2O4/c1-22-10-3-5-12(15(8-10)23-2)17-20-16(25-21-17)9-24-11-4-6-13(18)14(19)7-11/h3-8H,9H2,1-2H3. The molecule has 3 rings (SSSR count). The van der Waals surface area contributed by atoms with E-state index < -0.39 is 0 Å². The molecule has 0 aliphatic carbocycles. The van der Waals surface area contributed by atoms with E-state index >= 15 is 0 Å². The van der Waals surface area contributed by atoms with Crippen LogP contribution < -0.4 is 14.2 Å². The summed E-state index contributed by atoms with van der Waals surface area (Å²) in [4.78, 5) is 4.32. The Bertz CT molecular complexity index is 883. The van der Waals surface area contributed by atoms with Gasteiger partial charge in [-0.05, 0) is 24.3 Å². The van der Waals surface area contributed by atoms with Crippen LogP contribution in [-0.4, -0.2) is 24.4 Å². The lowest BCUT2D eigenvalue weighted by Crippen LogP contribution is -1.96. The summed E-state index contributed by atoms with van der Waals surface area (Å²) in [5.74, 6) is 2.52. The van der Waals surface area contributed by atoms with Crippen molar-refractivity contribution in [2.45, 2.75) is 6.61 Å². The molecule has 3 aromatic rings. The van der Waals surface area contributed by atoms with Crippen molar-refractivity contribution in [1.29, 1.82) is 0 Å². The van der Waals surface area contributed by atoms with Crippen molar-refractivity contribution in [2.24, 2.45) is 0 Å². The summed E-state index contributed by atoms with van der Waals surface area (Å²) in [6, 6.07) is 10.3. The van der Waals surface area contributed by atoms with Crippen LogP contribution in [0.1, 0.15) is 5.89 Å². The molecule has 0 saturated heterocycles. The van der Waals surface area contributed by atoms with Crippen molar-refractivity contribution in [2.75, 3.05) is 14.2 Å². The van der Waals surface area contributed by atoms with E-state index in [-0.39, 0.29) is 6.61 Å². The molecule has 0 radical (unpaired) electrons. The molecule has 0 aliphatic rings. The van der Waals surface area contributed by atoms with Gasteiger partial charge >= 0.3 is 0 Å². The number of hydrogen-bond donors (Lipinski definition) is 0. The van der Waals surface area contributed by atoms with Crippen LogP contribution in [0.5, 0.6) is 17.2 Å². The second-order valence-corrected chi connectivity index (χ2v) is 5.76. The first kappa shape index (κ1) is 17.4. The predicted octanol–water partition coefficient (Wildman–Crippen LogP) is 4.64. The molecular weight excluding hydrogens is 367 g/mol. The van der Waals surface area contributed by atoms with E-state index in [2.05, 4.69) is 10.1 Å². The lowest BCUT2D eigenvalue weighted by molar-refractivity contribution is 0.243. The second kappa shape index (κ2) is 7.63. The largest absolute Gasteiger partial charge is 0.497 e. The van der Waals surface area contributed by atoms with Crippen LogP contribution in [0.15, 0.2) is 40.9 Å². The highest BCUT2D eigenvalue weighted by Crippen LogP contribution is 2.32. The first-order valence-electron chi connectivity index (χ1n) is 7.23. The Hall–Kier alpha value is -2.44. The normalized spacial score (nSPS) is 10.6. The third kappa shape index (κ3) is 3.97. The van der Waals surface area contributed by atoms with Gasteiger partial charge in [0, 0.05) is 12.1 Å². The highest BCUT2D eigenvalue weighted by atomic mass is 35.5. The molecule has 0 saturated carbocycles. The van der Waals surface area contributed by atoms with Gasteiger partial charge in [-0.25, -0.2) is 0 Å². The van der Waals surface area contributed by atoms with Crippen LogP contribution in [0, 0.1) is 0 Å². The van der Waals surface area contributed by atoms with Crippen LogP contribution in [0.3, 0.4) is 0 Å². The van der Waals surface area contributed by atoms with Gasteiger partial charge in [-0.15, -0.1) is 0 Å². The lowest BCUT2D eigenvalue weighted by Gasteiger charge is -2.07. The van der Waals surface area contributed by atoms with E-state index in [0.717, 1.165) is 0 Å². The first-order valence-corrected chi connectivity index (χ1v) is 7.99. The van der Waals surface area contributed by atoms with Gasteiger partial charge in [0.05, 0.1) is 29.8 Å². The zero-order chi connectivity index (χ0) is 17.8. The minimum Gasteiger partial charge on any atom is -0.497 e. The number of halogens is 2. The van der Waals surface area contributed by atoms with Crippen molar-refractivity contribution in [1.82, 2.24) is 10.1 Å². The molecule has 8 heteroatoms. The summed E-state index contributed by atoms with van der Waals surface area (Å²) in [7, 11) is 3.15. The van der Waals surface area contributed by atoms with Crippen LogP contribution in [0.25, 0.3) is 11.4 Å². The van der Waals surface area contributed by atoms with Crippen LogP contribution in [-0.2, 0) is 6.61 Å². The Kier molecular flexibility index (Phi) is 5.31. The molecule has 6 nitrogen and oxygen atoms in total. The van der Waals surface area contributed by atoms with Gasteiger partial charge in [0.25, 0.3) is 5.89 Å². The van der Waals surface area contributed by atoms with Crippen LogP contribution in [0.2, 0.25) is 10.0 Å². The van der Waals surface area contributed by atoms with Gasteiger partial charge in [-0.3, -0.25) is 0 Å². The van der Waals surface area contributed by atoms with Crippen molar-refractivity contribution >= 4 is 23.2 Å². The van der Waals surface area contributed by atoms with Gasteiger partial charge in [0.1, 0.15) is 17.2 Å². The molecule has 0 aliphatic heterocycles. The summed E-state index contributed by atoms with van der Waals surface area (Å²) in [6.07, 6.45) is 0. The molecule has 0 fully saturated rings. The third-order valence-corrected chi connectivity index (χ3v) is 4.11. The average Bonchev–Trinajstić information content (AvgIpc) is 3.11. The van der Waals surface area contributed by atoms with E-state index in [1.807, 2.05) is 0 Å². The van der Waals surface area contributed by atoms with Gasteiger partial charge in [0.2, 0.25) is 5.82 Å². The van der Waals surface area contributed by atoms with E-state index in [4.69, 9.17) is 41.9 Å². The molecule has 0 N–H and O–H groups in total. The first-order chi connectivity index (χ1) is 12.1. The molecule has 0 atom stereocenters. The van der Waals surface area contributed by atoms with Gasteiger partial charge in [0.15, 0.2) is 6.61 Å². The van der Waals surface area contributed by atoms with Crippen molar-refractivity contribution < 1.29 is 18.7 Å². The van der Waals surface area contributed by atoms with Crippen molar-refractivity contribution in [3.05, 3.63) is 52.3 Å². The maximum absolute atomic E-state index is 5.95. The summed E-state index contributed by atoms with van der Waals surface area (Å²) >= 11 is 11.8. The molecule has 1 heterocycles. The monoisotopic (exact) mass is 380 g/mol. The number of nitrogens with zero attached hydrogens (tertiary/aromatic N) is 2. The fraction of sp³-hybridized carbons (Fsp3) is 0.176. The molecule has 25 heavy (non-hydrogen) atoms. The SMILES string of the molecule is COc1ccc(-c2noc(COc3ccc(Cl)c(Cl)c3)n2)c(OC)c1. The lowest BCUT2D eigenvalue weighted by atomic mass is 10.2. The molecule has 130 valence electrons. The summed E-state index contributed by atoms with van der Waals surface area (Å²) in [6.45, 7) is 0.101. The van der Waals surface area contributed by atoms with E-state index in [1.165, 1.54) is 0 Å². The molecule has 0 bridgehead atoms. The number of benzene rings is 2. The summed E-state index contributed by atoms with van der Waals surface area (Å²) < 4.78 is 21.3.